The second kappa shape index (κ2) is 4.77. The Morgan fingerprint density at radius 1 is 1.70 bits per heavy atom. The highest BCUT2D eigenvalue weighted by molar-refractivity contribution is 8.01. The van der Waals surface area contributed by atoms with E-state index in [1.54, 1.807) is 11.3 Å². The SMILES string of the molecule is CCNCSc1cccs1. The van der Waals surface area contributed by atoms with Crippen molar-refractivity contribution in [2.24, 2.45) is 0 Å². The van der Waals surface area contributed by atoms with Crippen molar-refractivity contribution in [2.75, 3.05) is 12.4 Å². The van der Waals surface area contributed by atoms with Gasteiger partial charge < -0.3 is 5.32 Å². The molecular weight excluding hydrogens is 162 g/mol. The van der Waals surface area contributed by atoms with Gasteiger partial charge in [-0.25, -0.2) is 0 Å². The van der Waals surface area contributed by atoms with Crippen LogP contribution in [0.4, 0.5) is 0 Å². The molecule has 0 bridgehead atoms. The maximum Gasteiger partial charge on any atom is 0.0610 e. The molecule has 3 heteroatoms. The normalized spacial score (nSPS) is 10.1. The summed E-state index contributed by atoms with van der Waals surface area (Å²) in [7, 11) is 0. The first kappa shape index (κ1) is 8.11. The van der Waals surface area contributed by atoms with E-state index in [9.17, 15) is 0 Å². The number of hydrogen-bond donors (Lipinski definition) is 1. The monoisotopic (exact) mass is 173 g/mol. The molecule has 1 aromatic heterocycles. The largest absolute Gasteiger partial charge is 0.308 e. The third kappa shape index (κ3) is 2.73. The summed E-state index contributed by atoms with van der Waals surface area (Å²) in [5.74, 6) is 1.02. The van der Waals surface area contributed by atoms with Crippen LogP contribution in [-0.2, 0) is 0 Å². The Morgan fingerprint density at radius 2 is 2.60 bits per heavy atom. The highest BCUT2D eigenvalue weighted by atomic mass is 32.2. The van der Waals surface area contributed by atoms with Crippen molar-refractivity contribution < 1.29 is 0 Å². The minimum atomic E-state index is 1.02. The summed E-state index contributed by atoms with van der Waals surface area (Å²) in [6.45, 7) is 3.17. The van der Waals surface area contributed by atoms with Crippen molar-refractivity contribution in [3.8, 4) is 0 Å². The van der Waals surface area contributed by atoms with Gasteiger partial charge >= 0.3 is 0 Å². The standard InChI is InChI=1S/C7H11NS2/c1-2-8-6-10-7-4-3-5-9-7/h3-5,8H,2,6H2,1H3. The molecule has 0 radical (unpaired) electrons. The lowest BCUT2D eigenvalue weighted by atomic mass is 10.7. The van der Waals surface area contributed by atoms with Crippen molar-refractivity contribution in [3.05, 3.63) is 17.5 Å². The number of thiophene rings is 1. The van der Waals surface area contributed by atoms with Gasteiger partial charge in [0.25, 0.3) is 0 Å². The molecule has 0 aliphatic rings. The minimum Gasteiger partial charge on any atom is -0.308 e. The fourth-order valence-electron chi connectivity index (χ4n) is 0.570. The van der Waals surface area contributed by atoms with Crippen LogP contribution in [0.3, 0.4) is 0 Å². The van der Waals surface area contributed by atoms with Gasteiger partial charge in [0.2, 0.25) is 0 Å². The molecule has 10 heavy (non-hydrogen) atoms. The van der Waals surface area contributed by atoms with E-state index in [2.05, 4.69) is 29.8 Å². The Labute approximate surface area is 69.8 Å². The summed E-state index contributed by atoms with van der Waals surface area (Å²) in [6, 6.07) is 4.23. The van der Waals surface area contributed by atoms with Crippen LogP contribution in [0, 0.1) is 0 Å². The molecule has 0 saturated carbocycles. The van der Waals surface area contributed by atoms with Crippen LogP contribution in [0.5, 0.6) is 0 Å². The van der Waals surface area contributed by atoms with E-state index in [-0.39, 0.29) is 0 Å². The number of hydrogen-bond acceptors (Lipinski definition) is 3. The lowest BCUT2D eigenvalue weighted by molar-refractivity contribution is 0.840. The van der Waals surface area contributed by atoms with Gasteiger partial charge in [-0.2, -0.15) is 0 Å². The van der Waals surface area contributed by atoms with Gasteiger partial charge in [0, 0.05) is 5.88 Å². The Morgan fingerprint density at radius 3 is 3.20 bits per heavy atom. The highest BCUT2D eigenvalue weighted by Crippen LogP contribution is 2.21. The van der Waals surface area contributed by atoms with Gasteiger partial charge in [0.05, 0.1) is 4.21 Å². The van der Waals surface area contributed by atoms with Gasteiger partial charge in [-0.3, -0.25) is 0 Å². The van der Waals surface area contributed by atoms with E-state index in [0.717, 1.165) is 12.4 Å². The summed E-state index contributed by atoms with van der Waals surface area (Å²) in [5.41, 5.74) is 0. The molecule has 0 spiro atoms. The molecule has 0 atom stereocenters. The maximum absolute atomic E-state index is 3.26. The van der Waals surface area contributed by atoms with Crippen molar-refractivity contribution in [1.82, 2.24) is 5.32 Å². The summed E-state index contributed by atoms with van der Waals surface area (Å²) in [4.78, 5) is 0. The van der Waals surface area contributed by atoms with Crippen molar-refractivity contribution >= 4 is 23.1 Å². The van der Waals surface area contributed by atoms with Crippen molar-refractivity contribution in [3.63, 3.8) is 0 Å². The average molecular weight is 173 g/mol. The molecule has 0 fully saturated rings. The lowest BCUT2D eigenvalue weighted by Crippen LogP contribution is -2.10. The second-order valence-corrected chi connectivity index (χ2v) is 4.05. The Balaban J connectivity index is 2.15. The predicted molar refractivity (Wildman–Crippen MR) is 48.7 cm³/mol. The number of thioether (sulfide) groups is 1. The fraction of sp³-hybridized carbons (Fsp3) is 0.429. The number of nitrogens with one attached hydrogen (secondary N) is 1. The molecule has 0 unspecified atom stereocenters. The highest BCUT2D eigenvalue weighted by Gasteiger charge is 1.90. The zero-order valence-electron chi connectivity index (χ0n) is 5.96. The van der Waals surface area contributed by atoms with Crippen LogP contribution < -0.4 is 5.32 Å². The molecule has 0 aromatic carbocycles. The second-order valence-electron chi connectivity index (χ2n) is 1.82. The third-order valence-corrected chi connectivity index (χ3v) is 3.13. The smallest absolute Gasteiger partial charge is 0.0610 e. The van der Waals surface area contributed by atoms with Crippen LogP contribution >= 0.6 is 23.1 Å². The van der Waals surface area contributed by atoms with Crippen LogP contribution in [0.15, 0.2) is 21.7 Å². The van der Waals surface area contributed by atoms with Crippen LogP contribution in [0.25, 0.3) is 0 Å². The van der Waals surface area contributed by atoms with Gasteiger partial charge in [-0.15, -0.1) is 11.3 Å². The molecule has 0 saturated heterocycles. The molecule has 1 N–H and O–H groups in total. The third-order valence-electron chi connectivity index (χ3n) is 1.06. The molecular formula is C7H11NS2. The predicted octanol–water partition coefficient (Wildman–Crippen LogP) is 2.41. The van der Waals surface area contributed by atoms with E-state index in [0.29, 0.717) is 0 Å². The van der Waals surface area contributed by atoms with Crippen LogP contribution in [0.1, 0.15) is 6.92 Å². The molecule has 1 rings (SSSR count). The van der Waals surface area contributed by atoms with Gasteiger partial charge in [0.15, 0.2) is 0 Å². The topological polar surface area (TPSA) is 12.0 Å². The molecule has 56 valence electrons. The molecule has 1 heterocycles. The van der Waals surface area contributed by atoms with Gasteiger partial charge in [0.1, 0.15) is 0 Å². The Hall–Kier alpha value is 0.01000. The zero-order valence-corrected chi connectivity index (χ0v) is 7.60. The van der Waals surface area contributed by atoms with Gasteiger partial charge in [-0.1, -0.05) is 24.8 Å². The van der Waals surface area contributed by atoms with E-state index in [4.69, 9.17) is 0 Å². The summed E-state index contributed by atoms with van der Waals surface area (Å²) in [5, 5.41) is 5.36. The quantitative estimate of drug-likeness (QED) is 0.426. The Kier molecular flexibility index (Phi) is 3.87. The van der Waals surface area contributed by atoms with E-state index in [1.807, 2.05) is 11.8 Å². The van der Waals surface area contributed by atoms with E-state index in [1.165, 1.54) is 4.21 Å². The van der Waals surface area contributed by atoms with Crippen LogP contribution in [-0.4, -0.2) is 12.4 Å². The molecule has 0 amide bonds. The summed E-state index contributed by atoms with van der Waals surface area (Å²) < 4.78 is 1.39. The first-order chi connectivity index (χ1) is 4.93. The minimum absolute atomic E-state index is 1.02. The van der Waals surface area contributed by atoms with E-state index < -0.39 is 0 Å². The van der Waals surface area contributed by atoms with E-state index >= 15 is 0 Å². The maximum atomic E-state index is 3.26. The molecule has 0 aliphatic heterocycles. The number of rotatable bonds is 4. The molecule has 1 nitrogen and oxygen atoms in total. The van der Waals surface area contributed by atoms with Crippen LogP contribution in [0.2, 0.25) is 0 Å². The van der Waals surface area contributed by atoms with Crippen molar-refractivity contribution in [1.29, 1.82) is 0 Å². The van der Waals surface area contributed by atoms with Crippen molar-refractivity contribution in [2.45, 2.75) is 11.1 Å². The first-order valence-corrected chi connectivity index (χ1v) is 5.17. The summed E-state index contributed by atoms with van der Waals surface area (Å²) in [6.07, 6.45) is 0. The molecule has 1 aromatic rings. The summed E-state index contributed by atoms with van der Waals surface area (Å²) >= 11 is 3.66. The first-order valence-electron chi connectivity index (χ1n) is 3.30. The fourth-order valence-corrected chi connectivity index (χ4v) is 2.26. The zero-order chi connectivity index (χ0) is 7.23. The average Bonchev–Trinajstić information content (AvgIpc) is 2.41. The van der Waals surface area contributed by atoms with Gasteiger partial charge in [-0.05, 0) is 18.0 Å². The Bertz CT molecular complexity index is 160. The molecule has 0 aliphatic carbocycles. The lowest BCUT2D eigenvalue weighted by Gasteiger charge is -1.96.